The SMILES string of the molecule is Cl.O=C(NCc1ccc([N+](=O)[O-])cc1)C1CC12CCNCC2. The van der Waals surface area contributed by atoms with E-state index < -0.39 is 4.92 Å². The van der Waals surface area contributed by atoms with Gasteiger partial charge in [0.2, 0.25) is 5.91 Å². The molecule has 1 saturated heterocycles. The molecule has 1 saturated carbocycles. The van der Waals surface area contributed by atoms with Gasteiger partial charge in [0, 0.05) is 24.6 Å². The Labute approximate surface area is 135 Å². The maximum atomic E-state index is 12.2. The van der Waals surface area contributed by atoms with E-state index in [4.69, 9.17) is 0 Å². The van der Waals surface area contributed by atoms with E-state index in [9.17, 15) is 14.9 Å². The van der Waals surface area contributed by atoms with Crippen LogP contribution in [0.5, 0.6) is 0 Å². The lowest BCUT2D eigenvalue weighted by molar-refractivity contribution is -0.384. The molecule has 120 valence electrons. The van der Waals surface area contributed by atoms with E-state index in [1.807, 2.05) is 0 Å². The average Bonchev–Trinajstić information content (AvgIpc) is 3.19. The summed E-state index contributed by atoms with van der Waals surface area (Å²) in [5.74, 6) is 0.271. The number of nitro benzene ring substituents is 1. The highest BCUT2D eigenvalue weighted by Gasteiger charge is 2.57. The average molecular weight is 326 g/mol. The quantitative estimate of drug-likeness (QED) is 0.655. The van der Waals surface area contributed by atoms with Crippen LogP contribution in [-0.4, -0.2) is 23.9 Å². The summed E-state index contributed by atoms with van der Waals surface area (Å²) >= 11 is 0. The van der Waals surface area contributed by atoms with Crippen LogP contribution in [-0.2, 0) is 11.3 Å². The van der Waals surface area contributed by atoms with Crippen molar-refractivity contribution in [3.8, 4) is 0 Å². The van der Waals surface area contributed by atoms with Crippen molar-refractivity contribution in [2.45, 2.75) is 25.8 Å². The summed E-state index contributed by atoms with van der Waals surface area (Å²) in [4.78, 5) is 22.3. The van der Waals surface area contributed by atoms with Gasteiger partial charge >= 0.3 is 0 Å². The highest BCUT2D eigenvalue weighted by molar-refractivity contribution is 5.85. The first-order valence-electron chi connectivity index (χ1n) is 7.32. The molecule has 1 aromatic carbocycles. The van der Waals surface area contributed by atoms with Gasteiger partial charge in [0.05, 0.1) is 4.92 Å². The topological polar surface area (TPSA) is 84.3 Å². The van der Waals surface area contributed by atoms with Crippen molar-refractivity contribution in [3.63, 3.8) is 0 Å². The Morgan fingerprint density at radius 2 is 1.95 bits per heavy atom. The Bertz CT molecular complexity index is 556. The highest BCUT2D eigenvalue weighted by Crippen LogP contribution is 2.58. The zero-order chi connectivity index (χ0) is 14.9. The summed E-state index contributed by atoms with van der Waals surface area (Å²) in [6.07, 6.45) is 3.17. The molecule has 2 N–H and O–H groups in total. The lowest BCUT2D eigenvalue weighted by Crippen LogP contribution is -2.33. The number of hydrogen-bond acceptors (Lipinski definition) is 4. The maximum Gasteiger partial charge on any atom is 0.269 e. The number of halogens is 1. The zero-order valence-corrected chi connectivity index (χ0v) is 13.0. The third kappa shape index (κ3) is 3.39. The smallest absolute Gasteiger partial charge is 0.269 e. The van der Waals surface area contributed by atoms with Crippen molar-refractivity contribution < 1.29 is 9.72 Å². The predicted molar refractivity (Wildman–Crippen MR) is 84.8 cm³/mol. The zero-order valence-electron chi connectivity index (χ0n) is 12.2. The van der Waals surface area contributed by atoms with Crippen molar-refractivity contribution in [3.05, 3.63) is 39.9 Å². The second-order valence-corrected chi connectivity index (χ2v) is 6.01. The van der Waals surface area contributed by atoms with E-state index in [1.165, 1.54) is 12.1 Å². The number of nitro groups is 1. The van der Waals surface area contributed by atoms with Crippen LogP contribution in [0.1, 0.15) is 24.8 Å². The Kier molecular flexibility index (Phi) is 5.03. The van der Waals surface area contributed by atoms with Crippen LogP contribution < -0.4 is 10.6 Å². The van der Waals surface area contributed by atoms with E-state index in [0.717, 1.165) is 37.9 Å². The molecular weight excluding hydrogens is 306 g/mol. The molecule has 0 aromatic heterocycles. The molecule has 1 aliphatic heterocycles. The summed E-state index contributed by atoms with van der Waals surface area (Å²) in [6.45, 7) is 2.44. The van der Waals surface area contributed by atoms with Crippen LogP contribution in [0.2, 0.25) is 0 Å². The van der Waals surface area contributed by atoms with Crippen LogP contribution in [0.4, 0.5) is 5.69 Å². The van der Waals surface area contributed by atoms with E-state index in [0.29, 0.717) is 6.54 Å². The Morgan fingerprint density at radius 1 is 1.32 bits per heavy atom. The van der Waals surface area contributed by atoms with Crippen LogP contribution in [0.15, 0.2) is 24.3 Å². The summed E-state index contributed by atoms with van der Waals surface area (Å²) in [7, 11) is 0. The molecule has 1 heterocycles. The number of amides is 1. The predicted octanol–water partition coefficient (Wildman–Crippen LogP) is 2.02. The van der Waals surface area contributed by atoms with Gasteiger partial charge in [-0.3, -0.25) is 14.9 Å². The van der Waals surface area contributed by atoms with Gasteiger partial charge in [-0.05, 0) is 43.3 Å². The van der Waals surface area contributed by atoms with E-state index in [2.05, 4.69) is 10.6 Å². The molecule has 1 aromatic rings. The number of nitrogens with one attached hydrogen (secondary N) is 2. The molecule has 1 unspecified atom stereocenters. The third-order valence-corrected chi connectivity index (χ3v) is 4.72. The number of carbonyl (C=O) groups excluding carboxylic acids is 1. The fourth-order valence-corrected chi connectivity index (χ4v) is 3.24. The van der Waals surface area contributed by atoms with Crippen molar-refractivity contribution in [1.82, 2.24) is 10.6 Å². The first-order chi connectivity index (χ1) is 10.1. The molecule has 2 aliphatic rings. The fraction of sp³-hybridized carbons (Fsp3) is 0.533. The molecule has 0 bridgehead atoms. The second-order valence-electron chi connectivity index (χ2n) is 6.01. The van der Waals surface area contributed by atoms with Gasteiger partial charge in [0.25, 0.3) is 5.69 Å². The van der Waals surface area contributed by atoms with Crippen molar-refractivity contribution in [2.24, 2.45) is 11.3 Å². The number of non-ortho nitro benzene ring substituents is 1. The molecule has 3 rings (SSSR count). The largest absolute Gasteiger partial charge is 0.352 e. The first-order valence-corrected chi connectivity index (χ1v) is 7.32. The number of rotatable bonds is 4. The number of benzene rings is 1. The monoisotopic (exact) mass is 325 g/mol. The molecule has 1 spiro atoms. The van der Waals surface area contributed by atoms with Crippen LogP contribution in [0.25, 0.3) is 0 Å². The Hall–Kier alpha value is -1.66. The molecule has 1 atom stereocenters. The molecule has 22 heavy (non-hydrogen) atoms. The normalized spacial score (nSPS) is 21.7. The van der Waals surface area contributed by atoms with Gasteiger partial charge in [-0.15, -0.1) is 12.4 Å². The fourth-order valence-electron chi connectivity index (χ4n) is 3.24. The van der Waals surface area contributed by atoms with Crippen molar-refractivity contribution in [1.29, 1.82) is 0 Å². The number of nitrogens with zero attached hydrogens (tertiary/aromatic N) is 1. The van der Waals surface area contributed by atoms with E-state index >= 15 is 0 Å². The third-order valence-electron chi connectivity index (χ3n) is 4.72. The first kappa shape index (κ1) is 16.7. The van der Waals surface area contributed by atoms with E-state index in [-0.39, 0.29) is 35.3 Å². The minimum atomic E-state index is -0.423. The van der Waals surface area contributed by atoms with Gasteiger partial charge in [-0.25, -0.2) is 0 Å². The number of hydrogen-bond donors (Lipinski definition) is 2. The Balaban J connectivity index is 0.00000176. The maximum absolute atomic E-state index is 12.2. The molecule has 1 aliphatic carbocycles. The Morgan fingerprint density at radius 3 is 2.55 bits per heavy atom. The molecule has 7 heteroatoms. The van der Waals surface area contributed by atoms with Crippen molar-refractivity contribution >= 4 is 24.0 Å². The summed E-state index contributed by atoms with van der Waals surface area (Å²) in [5.41, 5.74) is 1.19. The summed E-state index contributed by atoms with van der Waals surface area (Å²) in [6, 6.07) is 6.30. The summed E-state index contributed by atoms with van der Waals surface area (Å²) < 4.78 is 0. The minimum Gasteiger partial charge on any atom is -0.352 e. The molecular formula is C15H20ClN3O3. The standard InChI is InChI=1S/C15H19N3O3.ClH/c19-14(13-9-15(13)5-7-16-8-6-15)17-10-11-1-3-12(4-2-11)18(20)21;/h1-4,13,16H,5-10H2,(H,17,19);1H. The van der Waals surface area contributed by atoms with Crippen LogP contribution in [0, 0.1) is 21.4 Å². The molecule has 0 radical (unpaired) electrons. The number of piperidine rings is 1. The molecule has 2 fully saturated rings. The lowest BCUT2D eigenvalue weighted by Gasteiger charge is -2.23. The van der Waals surface area contributed by atoms with Crippen LogP contribution in [0.3, 0.4) is 0 Å². The molecule has 6 nitrogen and oxygen atoms in total. The lowest BCUT2D eigenvalue weighted by atomic mass is 9.92. The van der Waals surface area contributed by atoms with Gasteiger partial charge in [-0.1, -0.05) is 12.1 Å². The highest BCUT2D eigenvalue weighted by atomic mass is 35.5. The number of carbonyl (C=O) groups is 1. The van der Waals surface area contributed by atoms with Gasteiger partial charge in [0.1, 0.15) is 0 Å². The minimum absolute atomic E-state index is 0. The van der Waals surface area contributed by atoms with Crippen molar-refractivity contribution in [2.75, 3.05) is 13.1 Å². The van der Waals surface area contributed by atoms with Gasteiger partial charge in [-0.2, -0.15) is 0 Å². The van der Waals surface area contributed by atoms with Gasteiger partial charge < -0.3 is 10.6 Å². The second kappa shape index (κ2) is 6.62. The van der Waals surface area contributed by atoms with Gasteiger partial charge in [0.15, 0.2) is 0 Å². The summed E-state index contributed by atoms with van der Waals surface area (Å²) in [5, 5.41) is 16.9. The molecule has 1 amide bonds. The van der Waals surface area contributed by atoms with E-state index in [1.54, 1.807) is 12.1 Å². The van der Waals surface area contributed by atoms with Crippen LogP contribution >= 0.6 is 12.4 Å².